The van der Waals surface area contributed by atoms with Crippen LogP contribution in [0.25, 0.3) is 11.0 Å². The van der Waals surface area contributed by atoms with E-state index in [0.717, 1.165) is 22.3 Å². The van der Waals surface area contributed by atoms with Crippen LogP contribution in [0.1, 0.15) is 16.5 Å². The van der Waals surface area contributed by atoms with Crippen LogP contribution in [0, 0.1) is 0 Å². The third-order valence-electron chi connectivity index (χ3n) is 4.43. The predicted molar refractivity (Wildman–Crippen MR) is 122 cm³/mol. The molecule has 0 saturated heterocycles. The van der Waals surface area contributed by atoms with Gasteiger partial charge >= 0.3 is 0 Å². The van der Waals surface area contributed by atoms with Gasteiger partial charge in [-0.15, -0.1) is 0 Å². The molecule has 0 aliphatic carbocycles. The molecule has 0 aliphatic rings. The van der Waals surface area contributed by atoms with E-state index in [-0.39, 0.29) is 10.8 Å². The van der Waals surface area contributed by atoms with Crippen molar-refractivity contribution in [3.8, 4) is 0 Å². The smallest absolute Gasteiger partial charge is 0.271 e. The number of anilines is 1. The van der Waals surface area contributed by atoms with Gasteiger partial charge in [-0.25, -0.2) is 4.98 Å². The molecule has 1 aromatic heterocycles. The number of nitrogens with one attached hydrogen (secondary N) is 2. The molecule has 0 fully saturated rings. The van der Waals surface area contributed by atoms with E-state index in [0.29, 0.717) is 10.9 Å². The van der Waals surface area contributed by atoms with Crippen LogP contribution < -0.4 is 10.9 Å². The van der Waals surface area contributed by atoms with Crippen molar-refractivity contribution in [1.82, 2.24) is 9.97 Å². The second-order valence-corrected chi connectivity index (χ2v) is 7.49. The number of hydrogen-bond donors (Lipinski definition) is 2. The zero-order valence-corrected chi connectivity index (χ0v) is 16.7. The molecule has 0 aliphatic heterocycles. The number of hydrogen-bond acceptors (Lipinski definition) is 4. The fourth-order valence-electron chi connectivity index (χ4n) is 3.03. The van der Waals surface area contributed by atoms with Crippen LogP contribution in [-0.2, 0) is 0 Å². The van der Waals surface area contributed by atoms with Crippen LogP contribution in [0.15, 0.2) is 94.7 Å². The molecule has 0 bridgehead atoms. The van der Waals surface area contributed by atoms with Crippen LogP contribution >= 0.6 is 11.8 Å². The van der Waals surface area contributed by atoms with Crippen molar-refractivity contribution >= 4 is 33.7 Å². The van der Waals surface area contributed by atoms with Gasteiger partial charge in [0.2, 0.25) is 0 Å². The second-order valence-electron chi connectivity index (χ2n) is 6.40. The summed E-state index contributed by atoms with van der Waals surface area (Å²) in [4.78, 5) is 24.9. The van der Waals surface area contributed by atoms with E-state index in [2.05, 4.69) is 15.3 Å². The molecule has 0 spiro atoms. The lowest BCUT2D eigenvalue weighted by molar-refractivity contribution is 1.01. The first-order valence-electron chi connectivity index (χ1n) is 9.24. The topological polar surface area (TPSA) is 70.1 Å². The zero-order valence-electron chi connectivity index (χ0n) is 15.9. The molecule has 3 aromatic carbocycles. The lowest BCUT2D eigenvalue weighted by atomic mass is 10.1. The summed E-state index contributed by atoms with van der Waals surface area (Å²) in [7, 11) is 1.73. The normalized spacial score (nSPS) is 12.7. The van der Waals surface area contributed by atoms with Crippen molar-refractivity contribution in [2.24, 2.45) is 4.99 Å². The summed E-state index contributed by atoms with van der Waals surface area (Å²) in [6.45, 7) is 0. The van der Waals surface area contributed by atoms with E-state index in [1.165, 1.54) is 11.8 Å². The van der Waals surface area contributed by atoms with Crippen LogP contribution in [0.4, 0.5) is 5.69 Å². The van der Waals surface area contributed by atoms with E-state index in [1.807, 2.05) is 84.9 Å². The number of para-hydroxylation sites is 3. The van der Waals surface area contributed by atoms with Crippen molar-refractivity contribution in [3.05, 3.63) is 107 Å². The molecule has 1 heterocycles. The van der Waals surface area contributed by atoms with Crippen molar-refractivity contribution in [1.29, 1.82) is 0 Å². The Kier molecular flexibility index (Phi) is 5.72. The molecule has 4 aromatic rings. The van der Waals surface area contributed by atoms with Crippen molar-refractivity contribution in [2.45, 2.75) is 5.25 Å². The molecule has 144 valence electrons. The molecule has 2 N–H and O–H groups in total. The van der Waals surface area contributed by atoms with Gasteiger partial charge in [-0.1, -0.05) is 72.4 Å². The van der Waals surface area contributed by atoms with Gasteiger partial charge in [0.05, 0.1) is 16.3 Å². The molecule has 0 saturated carbocycles. The Hall–Kier alpha value is -3.38. The van der Waals surface area contributed by atoms with Gasteiger partial charge in [-0.05, 0) is 29.8 Å². The highest BCUT2D eigenvalue weighted by molar-refractivity contribution is 8.14. The summed E-state index contributed by atoms with van der Waals surface area (Å²) in [6.07, 6.45) is 0. The van der Waals surface area contributed by atoms with Gasteiger partial charge in [0.1, 0.15) is 5.69 Å². The van der Waals surface area contributed by atoms with Gasteiger partial charge in [0.15, 0.2) is 5.17 Å². The maximum Gasteiger partial charge on any atom is 0.271 e. The van der Waals surface area contributed by atoms with E-state index < -0.39 is 0 Å². The maximum absolute atomic E-state index is 12.9. The van der Waals surface area contributed by atoms with Crippen LogP contribution in [0.3, 0.4) is 0 Å². The fraction of sp³-hybridized carbons (Fsp3) is 0.0870. The number of aromatic nitrogens is 2. The summed E-state index contributed by atoms with van der Waals surface area (Å²) >= 11 is 1.47. The number of nitrogens with zero attached hydrogens (tertiary/aromatic N) is 2. The van der Waals surface area contributed by atoms with Crippen molar-refractivity contribution in [2.75, 3.05) is 12.4 Å². The highest BCUT2D eigenvalue weighted by Gasteiger charge is 2.23. The Balaban J connectivity index is 1.75. The fourth-order valence-corrected chi connectivity index (χ4v) is 4.10. The maximum atomic E-state index is 12.9. The van der Waals surface area contributed by atoms with E-state index in [9.17, 15) is 4.79 Å². The van der Waals surface area contributed by atoms with Gasteiger partial charge in [-0.3, -0.25) is 9.79 Å². The number of aromatic amines is 1. The Bertz CT molecular complexity index is 1190. The Morgan fingerprint density at radius 2 is 1.62 bits per heavy atom. The number of aliphatic imine (C=N–C) groups is 1. The van der Waals surface area contributed by atoms with Gasteiger partial charge in [-0.2, -0.15) is 0 Å². The average Bonchev–Trinajstić information content (AvgIpc) is 2.77. The molecule has 1 atom stereocenters. The summed E-state index contributed by atoms with van der Waals surface area (Å²) < 4.78 is 0. The average molecular weight is 401 g/mol. The molecule has 4 rings (SSSR count). The third kappa shape index (κ3) is 4.38. The second kappa shape index (κ2) is 8.75. The van der Waals surface area contributed by atoms with E-state index in [4.69, 9.17) is 4.98 Å². The molecule has 5 nitrogen and oxygen atoms in total. The minimum Gasteiger partial charge on any atom is -0.335 e. The van der Waals surface area contributed by atoms with Gasteiger partial charge in [0, 0.05) is 12.7 Å². The Labute approximate surface area is 172 Å². The molecule has 6 heteroatoms. The van der Waals surface area contributed by atoms with Crippen molar-refractivity contribution < 1.29 is 0 Å². The lowest BCUT2D eigenvalue weighted by Crippen LogP contribution is -2.20. The third-order valence-corrected chi connectivity index (χ3v) is 5.67. The zero-order chi connectivity index (χ0) is 20.1. The predicted octanol–water partition coefficient (Wildman–Crippen LogP) is 4.84. The molecule has 29 heavy (non-hydrogen) atoms. The highest BCUT2D eigenvalue weighted by atomic mass is 32.2. The number of amidine groups is 1. The molecule has 0 radical (unpaired) electrons. The summed E-state index contributed by atoms with van der Waals surface area (Å²) in [5.41, 5.74) is 3.67. The molecule has 0 amide bonds. The Morgan fingerprint density at radius 1 is 0.966 bits per heavy atom. The first-order chi connectivity index (χ1) is 14.2. The van der Waals surface area contributed by atoms with E-state index in [1.54, 1.807) is 7.05 Å². The molecular weight excluding hydrogens is 380 g/mol. The van der Waals surface area contributed by atoms with Gasteiger partial charge < -0.3 is 10.3 Å². The summed E-state index contributed by atoms with van der Waals surface area (Å²) in [6, 6.07) is 27.3. The van der Waals surface area contributed by atoms with E-state index >= 15 is 0 Å². The number of H-pyrrole nitrogens is 1. The highest BCUT2D eigenvalue weighted by Crippen LogP contribution is 2.34. The lowest BCUT2D eigenvalue weighted by Gasteiger charge is -2.18. The number of benzene rings is 3. The molecular formula is C23H20N4OS. The summed E-state index contributed by atoms with van der Waals surface area (Å²) in [5.74, 6) is 0. The monoisotopic (exact) mass is 400 g/mol. The largest absolute Gasteiger partial charge is 0.335 e. The minimum atomic E-state index is -0.306. The first kappa shape index (κ1) is 19.0. The number of fused-ring (bicyclic) bond motifs is 1. The van der Waals surface area contributed by atoms with Crippen LogP contribution in [0.2, 0.25) is 0 Å². The molecule has 1 unspecified atom stereocenters. The standard InChI is InChI=1S/C23H20N4OS/c1-24-23(25-17-12-6-3-7-13-17)29-21(16-10-4-2-5-11-16)20-22(28)27-19-15-9-8-14-18(19)26-20/h2-15,21H,1H3,(H,24,25)(H,27,28). The SMILES string of the molecule is CN=C(Nc1ccccc1)SC(c1ccccc1)c1nc2ccccc2[nH]c1=O. The number of thioether (sulfide) groups is 1. The van der Waals surface area contributed by atoms with Crippen molar-refractivity contribution in [3.63, 3.8) is 0 Å². The number of rotatable bonds is 4. The van der Waals surface area contributed by atoms with Crippen LogP contribution in [-0.4, -0.2) is 22.2 Å². The van der Waals surface area contributed by atoms with Crippen LogP contribution in [0.5, 0.6) is 0 Å². The Morgan fingerprint density at radius 3 is 2.34 bits per heavy atom. The first-order valence-corrected chi connectivity index (χ1v) is 10.1. The quantitative estimate of drug-likeness (QED) is 0.380. The minimum absolute atomic E-state index is 0.194. The summed E-state index contributed by atoms with van der Waals surface area (Å²) in [5, 5.41) is 3.73. The van der Waals surface area contributed by atoms with Gasteiger partial charge in [0.25, 0.3) is 5.56 Å².